The Kier molecular flexibility index (Phi) is 7.14. The van der Waals surface area contributed by atoms with Crippen molar-refractivity contribution in [2.75, 3.05) is 11.1 Å². The molecule has 0 fully saturated rings. The summed E-state index contributed by atoms with van der Waals surface area (Å²) in [4.78, 5) is 34.6. The number of thioether (sulfide) groups is 1. The first kappa shape index (κ1) is 20.7. The van der Waals surface area contributed by atoms with Crippen molar-refractivity contribution < 1.29 is 23.6 Å². The number of nitro groups is 1. The first-order valence-corrected chi connectivity index (χ1v) is 8.95. The molecular weight excluding hydrogens is 399 g/mol. The minimum absolute atomic E-state index is 0.0480. The Morgan fingerprint density at radius 3 is 2.56 bits per heavy atom. The van der Waals surface area contributed by atoms with Crippen molar-refractivity contribution in [3.8, 4) is 0 Å². The molecule has 0 aliphatic carbocycles. The van der Waals surface area contributed by atoms with Crippen LogP contribution in [0.2, 0.25) is 5.02 Å². The van der Waals surface area contributed by atoms with Crippen molar-refractivity contribution >= 4 is 46.6 Å². The molecule has 0 aliphatic rings. The number of rotatable bonds is 7. The summed E-state index contributed by atoms with van der Waals surface area (Å²) in [5, 5.41) is 12.9. The largest absolute Gasteiger partial charge is 0.452 e. The lowest BCUT2D eigenvalue weighted by Crippen LogP contribution is -2.30. The van der Waals surface area contributed by atoms with Gasteiger partial charge in [-0.3, -0.25) is 19.7 Å². The van der Waals surface area contributed by atoms with E-state index in [2.05, 4.69) is 5.32 Å². The number of hydrogen-bond donors (Lipinski definition) is 1. The second-order valence-electron chi connectivity index (χ2n) is 5.29. The maximum absolute atomic E-state index is 13.1. The van der Waals surface area contributed by atoms with Gasteiger partial charge in [0.2, 0.25) is 0 Å². The topological polar surface area (TPSA) is 98.5 Å². The van der Waals surface area contributed by atoms with Gasteiger partial charge < -0.3 is 10.1 Å². The highest BCUT2D eigenvalue weighted by atomic mass is 35.5. The van der Waals surface area contributed by atoms with Gasteiger partial charge in [-0.15, -0.1) is 11.8 Å². The summed E-state index contributed by atoms with van der Waals surface area (Å²) in [6, 6.07) is 9.38. The molecule has 2 aromatic rings. The first-order chi connectivity index (χ1) is 12.8. The third-order valence-electron chi connectivity index (χ3n) is 3.27. The molecule has 0 heterocycles. The fourth-order valence-electron chi connectivity index (χ4n) is 1.91. The van der Waals surface area contributed by atoms with E-state index in [4.69, 9.17) is 16.3 Å². The van der Waals surface area contributed by atoms with Gasteiger partial charge in [-0.1, -0.05) is 11.6 Å². The van der Waals surface area contributed by atoms with Crippen LogP contribution in [0.3, 0.4) is 0 Å². The van der Waals surface area contributed by atoms with Crippen molar-refractivity contribution in [1.82, 2.24) is 0 Å². The lowest BCUT2D eigenvalue weighted by Gasteiger charge is -2.13. The Balaban J connectivity index is 1.82. The molecule has 0 saturated carbocycles. The number of nitrogens with zero attached hydrogens (tertiary/aromatic N) is 1. The predicted octanol–water partition coefficient (Wildman–Crippen LogP) is 4.05. The molecule has 27 heavy (non-hydrogen) atoms. The van der Waals surface area contributed by atoms with Crippen molar-refractivity contribution in [3.63, 3.8) is 0 Å². The van der Waals surface area contributed by atoms with E-state index < -0.39 is 28.7 Å². The van der Waals surface area contributed by atoms with Crippen LogP contribution in [0.1, 0.15) is 6.92 Å². The van der Waals surface area contributed by atoms with Crippen LogP contribution in [0.4, 0.5) is 15.8 Å². The molecule has 0 saturated heterocycles. The van der Waals surface area contributed by atoms with E-state index in [1.165, 1.54) is 43.3 Å². The smallest absolute Gasteiger partial charge is 0.317 e. The highest BCUT2D eigenvalue weighted by molar-refractivity contribution is 8.00. The first-order valence-electron chi connectivity index (χ1n) is 7.59. The molecular formula is C17H14ClFN2O5S. The van der Waals surface area contributed by atoms with Gasteiger partial charge in [0.15, 0.2) is 6.10 Å². The number of esters is 1. The van der Waals surface area contributed by atoms with Crippen molar-refractivity contribution in [2.24, 2.45) is 0 Å². The second-order valence-corrected chi connectivity index (χ2v) is 6.75. The Morgan fingerprint density at radius 1 is 1.30 bits per heavy atom. The van der Waals surface area contributed by atoms with Gasteiger partial charge in [0, 0.05) is 22.7 Å². The number of amides is 1. The Hall–Kier alpha value is -2.65. The number of carbonyl (C=O) groups is 2. The average molecular weight is 413 g/mol. The van der Waals surface area contributed by atoms with Gasteiger partial charge in [-0.2, -0.15) is 0 Å². The van der Waals surface area contributed by atoms with E-state index in [0.717, 1.165) is 17.8 Å². The number of ether oxygens (including phenoxy) is 1. The van der Waals surface area contributed by atoms with Crippen LogP contribution in [0.15, 0.2) is 47.4 Å². The van der Waals surface area contributed by atoms with Crippen LogP contribution in [0.25, 0.3) is 0 Å². The minimum Gasteiger partial charge on any atom is -0.452 e. The van der Waals surface area contributed by atoms with Crippen LogP contribution in [0, 0.1) is 15.9 Å². The maximum atomic E-state index is 13.1. The predicted molar refractivity (Wildman–Crippen MR) is 99.4 cm³/mol. The summed E-state index contributed by atoms with van der Waals surface area (Å²) in [5.41, 5.74) is 0.225. The number of halogens is 2. The van der Waals surface area contributed by atoms with E-state index in [0.29, 0.717) is 4.90 Å². The van der Waals surface area contributed by atoms with Gasteiger partial charge >= 0.3 is 5.97 Å². The second kappa shape index (κ2) is 9.33. The highest BCUT2D eigenvalue weighted by Crippen LogP contribution is 2.22. The zero-order valence-corrected chi connectivity index (χ0v) is 15.6. The molecule has 7 nitrogen and oxygen atoms in total. The molecule has 0 aliphatic heterocycles. The number of nitro benzene ring substituents is 1. The maximum Gasteiger partial charge on any atom is 0.317 e. The summed E-state index contributed by atoms with van der Waals surface area (Å²) in [5.74, 6) is -1.90. The average Bonchev–Trinajstić information content (AvgIpc) is 2.63. The van der Waals surface area contributed by atoms with Crippen LogP contribution in [-0.4, -0.2) is 28.7 Å². The molecule has 0 spiro atoms. The summed E-state index contributed by atoms with van der Waals surface area (Å²) >= 11 is 6.76. The van der Waals surface area contributed by atoms with E-state index in [1.807, 2.05) is 0 Å². The molecule has 0 aromatic heterocycles. The lowest BCUT2D eigenvalue weighted by molar-refractivity contribution is -0.384. The Bertz CT molecular complexity index is 863. The Labute approximate surface area is 163 Å². The van der Waals surface area contributed by atoms with Gasteiger partial charge in [-0.05, 0) is 37.3 Å². The molecule has 0 unspecified atom stereocenters. The number of carbonyl (C=O) groups excluding carboxylic acids is 2. The number of nitrogens with one attached hydrogen (secondary N) is 1. The van der Waals surface area contributed by atoms with E-state index >= 15 is 0 Å². The molecule has 0 bridgehead atoms. The van der Waals surface area contributed by atoms with Gasteiger partial charge in [0.1, 0.15) is 5.82 Å². The van der Waals surface area contributed by atoms with Crippen LogP contribution in [0.5, 0.6) is 0 Å². The summed E-state index contributed by atoms with van der Waals surface area (Å²) in [6.07, 6.45) is -1.07. The third-order valence-corrected chi connectivity index (χ3v) is 4.54. The van der Waals surface area contributed by atoms with Crippen LogP contribution < -0.4 is 5.32 Å². The molecule has 10 heteroatoms. The zero-order chi connectivity index (χ0) is 20.0. The molecule has 2 aromatic carbocycles. The molecule has 1 amide bonds. The van der Waals surface area contributed by atoms with Crippen molar-refractivity contribution in [1.29, 1.82) is 0 Å². The van der Waals surface area contributed by atoms with Crippen LogP contribution in [-0.2, 0) is 14.3 Å². The van der Waals surface area contributed by atoms with E-state index in [-0.39, 0.29) is 22.2 Å². The molecule has 2 rings (SSSR count). The molecule has 142 valence electrons. The van der Waals surface area contributed by atoms with Gasteiger partial charge in [0.25, 0.3) is 11.6 Å². The number of anilines is 1. The van der Waals surface area contributed by atoms with Crippen molar-refractivity contribution in [3.05, 3.63) is 63.4 Å². The van der Waals surface area contributed by atoms with E-state index in [1.54, 1.807) is 0 Å². The minimum atomic E-state index is -1.07. The van der Waals surface area contributed by atoms with Gasteiger partial charge in [-0.25, -0.2) is 4.39 Å². The summed E-state index contributed by atoms with van der Waals surface area (Å²) in [7, 11) is 0. The standard InChI is InChI=1S/C17H14ClFN2O5S/c1-10(17(23)20-11-2-7-15(19)14(18)8-11)26-16(22)9-27-13-5-3-12(4-6-13)21(24)25/h2-8,10H,9H2,1H3,(H,20,23)/t10-/m1/s1. The summed E-state index contributed by atoms with van der Waals surface area (Å²) < 4.78 is 18.1. The number of non-ortho nitro benzene ring substituents is 1. The SMILES string of the molecule is C[C@@H](OC(=O)CSc1ccc([N+](=O)[O-])cc1)C(=O)Nc1ccc(F)c(Cl)c1. The van der Waals surface area contributed by atoms with E-state index in [9.17, 15) is 24.1 Å². The zero-order valence-electron chi connectivity index (χ0n) is 14.0. The fourth-order valence-corrected chi connectivity index (χ4v) is 2.77. The highest BCUT2D eigenvalue weighted by Gasteiger charge is 2.18. The molecule has 1 atom stereocenters. The normalized spacial score (nSPS) is 11.5. The van der Waals surface area contributed by atoms with Crippen molar-refractivity contribution in [2.45, 2.75) is 17.9 Å². The Morgan fingerprint density at radius 2 is 1.96 bits per heavy atom. The quantitative estimate of drug-likeness (QED) is 0.319. The van der Waals surface area contributed by atoms with Crippen LogP contribution >= 0.6 is 23.4 Å². The molecule has 1 N–H and O–H groups in total. The summed E-state index contributed by atoms with van der Waals surface area (Å²) in [6.45, 7) is 1.40. The monoisotopic (exact) mass is 412 g/mol. The van der Waals surface area contributed by atoms with Gasteiger partial charge in [0.05, 0.1) is 15.7 Å². The fraction of sp³-hybridized carbons (Fsp3) is 0.176. The number of benzene rings is 2. The molecule has 0 radical (unpaired) electrons. The lowest BCUT2D eigenvalue weighted by atomic mass is 10.3. The third kappa shape index (κ3) is 6.22. The number of hydrogen-bond acceptors (Lipinski definition) is 6.